The molecule has 2 rings (SSSR count). The van der Waals surface area contributed by atoms with E-state index in [4.69, 9.17) is 4.98 Å². The summed E-state index contributed by atoms with van der Waals surface area (Å²) in [6.45, 7) is 0.980. The van der Waals surface area contributed by atoms with Crippen molar-refractivity contribution in [3.63, 3.8) is 0 Å². The predicted octanol–water partition coefficient (Wildman–Crippen LogP) is -2.28. The Kier molecular flexibility index (Phi) is 17.6. The van der Waals surface area contributed by atoms with Gasteiger partial charge in [-0.2, -0.15) is 0 Å². The Labute approximate surface area is 269 Å². The molecule has 2 heterocycles. The minimum absolute atomic E-state index is 0.0196. The molecular formula is C30H50N6O10. The van der Waals surface area contributed by atoms with Gasteiger partial charge in [-0.15, -0.1) is 0 Å². The molecule has 2 atom stereocenters. The molecule has 46 heavy (non-hydrogen) atoms. The molecule has 6 N–H and O–H groups in total. The van der Waals surface area contributed by atoms with E-state index in [2.05, 4.69) is 0 Å². The van der Waals surface area contributed by atoms with Crippen molar-refractivity contribution in [1.82, 2.24) is 29.5 Å². The van der Waals surface area contributed by atoms with E-state index in [9.17, 15) is 49.8 Å². The lowest BCUT2D eigenvalue weighted by Crippen LogP contribution is -2.48. The third-order valence-electron chi connectivity index (χ3n) is 8.03. The molecule has 0 aliphatic carbocycles. The normalized spacial score (nSPS) is 16.5. The first kappa shape index (κ1) is 38.9. The fourth-order valence-corrected chi connectivity index (χ4v) is 5.49. The number of carbonyl (C=O) groups excluding carboxylic acids is 2. The van der Waals surface area contributed by atoms with Gasteiger partial charge < -0.3 is 45.3 Å². The second-order valence-electron chi connectivity index (χ2n) is 11.3. The van der Waals surface area contributed by atoms with Crippen molar-refractivity contribution < 1.29 is 49.8 Å². The Morgan fingerprint density at radius 2 is 1.07 bits per heavy atom. The van der Waals surface area contributed by atoms with Crippen molar-refractivity contribution in [3.05, 3.63) is 29.6 Å². The Morgan fingerprint density at radius 1 is 0.696 bits per heavy atom. The minimum Gasteiger partial charge on any atom is -0.480 e. The lowest BCUT2D eigenvalue weighted by Gasteiger charge is -2.34. The Balaban J connectivity index is 2.26. The van der Waals surface area contributed by atoms with Crippen LogP contribution in [0.5, 0.6) is 0 Å². The van der Waals surface area contributed by atoms with Gasteiger partial charge in [0.2, 0.25) is 11.8 Å². The monoisotopic (exact) mass is 654 g/mol. The number of carboxylic acid groups (broad SMARTS) is 2. The van der Waals surface area contributed by atoms with E-state index in [1.54, 1.807) is 28.0 Å². The molecular weight excluding hydrogens is 604 g/mol. The van der Waals surface area contributed by atoms with Gasteiger partial charge in [0.15, 0.2) is 0 Å². The number of hydrogen-bond donors (Lipinski definition) is 6. The molecule has 1 aliphatic rings. The number of fused-ring (bicyclic) bond motifs is 2. The van der Waals surface area contributed by atoms with Crippen LogP contribution < -0.4 is 0 Å². The molecule has 16 heteroatoms. The summed E-state index contributed by atoms with van der Waals surface area (Å²) >= 11 is 0. The number of hydrogen-bond acceptors (Lipinski definition) is 12. The Morgan fingerprint density at radius 3 is 1.39 bits per heavy atom. The summed E-state index contributed by atoms with van der Waals surface area (Å²) in [5.41, 5.74) is 1.15. The third kappa shape index (κ3) is 12.9. The topological polar surface area (TPSA) is 219 Å². The first-order chi connectivity index (χ1) is 22.0. The van der Waals surface area contributed by atoms with Crippen molar-refractivity contribution in [2.75, 3.05) is 85.8 Å². The molecule has 2 amide bonds. The predicted molar refractivity (Wildman–Crippen MR) is 165 cm³/mol. The fourth-order valence-electron chi connectivity index (χ4n) is 5.49. The number of amides is 2. The zero-order valence-electron chi connectivity index (χ0n) is 26.6. The summed E-state index contributed by atoms with van der Waals surface area (Å²) in [5, 5.41) is 57.3. The van der Waals surface area contributed by atoms with Crippen molar-refractivity contribution in [3.8, 4) is 0 Å². The molecule has 2 unspecified atom stereocenters. The van der Waals surface area contributed by atoms with Crippen molar-refractivity contribution in [1.29, 1.82) is 0 Å². The van der Waals surface area contributed by atoms with Gasteiger partial charge in [0, 0.05) is 78.3 Å². The summed E-state index contributed by atoms with van der Waals surface area (Å²) in [4.78, 5) is 63.1. The van der Waals surface area contributed by atoms with E-state index >= 15 is 0 Å². The first-order valence-corrected chi connectivity index (χ1v) is 15.6. The largest absolute Gasteiger partial charge is 0.480 e. The van der Waals surface area contributed by atoms with E-state index in [0.717, 1.165) is 0 Å². The van der Waals surface area contributed by atoms with Crippen LogP contribution in [0.1, 0.15) is 37.1 Å². The lowest BCUT2D eigenvalue weighted by molar-refractivity contribution is -0.145. The molecule has 0 radical (unpaired) electrons. The van der Waals surface area contributed by atoms with Gasteiger partial charge in [0.1, 0.15) is 12.1 Å². The summed E-state index contributed by atoms with van der Waals surface area (Å²) in [7, 11) is 1.85. The summed E-state index contributed by atoms with van der Waals surface area (Å²) < 4.78 is 0. The van der Waals surface area contributed by atoms with Gasteiger partial charge in [-0.05, 0) is 32.0 Å². The molecule has 260 valence electrons. The van der Waals surface area contributed by atoms with Crippen LogP contribution in [-0.2, 0) is 32.3 Å². The SMILES string of the molecule is CN1CCN(C(CCC(=O)N(CCO)CCO)C(=O)O)Cc2cccc(n2)CN(C(CCC(=O)N(CCO)CCO)C(=O)O)CC1. The molecule has 0 spiro atoms. The van der Waals surface area contributed by atoms with Crippen LogP contribution in [0.3, 0.4) is 0 Å². The molecule has 0 saturated heterocycles. The van der Waals surface area contributed by atoms with Gasteiger partial charge in [0.25, 0.3) is 0 Å². The molecule has 16 nitrogen and oxygen atoms in total. The maximum atomic E-state index is 12.7. The number of rotatable bonds is 18. The van der Waals surface area contributed by atoms with Crippen molar-refractivity contribution >= 4 is 23.8 Å². The van der Waals surface area contributed by atoms with Crippen LogP contribution in [0, 0.1) is 0 Å². The van der Waals surface area contributed by atoms with Gasteiger partial charge in [-0.25, -0.2) is 0 Å². The number of aliphatic carboxylic acids is 2. The number of carboxylic acids is 2. The molecule has 1 aromatic heterocycles. The van der Waals surface area contributed by atoms with Gasteiger partial charge >= 0.3 is 11.9 Å². The average molecular weight is 655 g/mol. The number of pyridine rings is 1. The van der Waals surface area contributed by atoms with Crippen LogP contribution in [0.2, 0.25) is 0 Å². The zero-order valence-corrected chi connectivity index (χ0v) is 26.6. The second kappa shape index (κ2) is 20.8. The highest BCUT2D eigenvalue weighted by Gasteiger charge is 2.30. The number of aliphatic hydroxyl groups excluding tert-OH is 4. The number of nitrogens with zero attached hydrogens (tertiary/aromatic N) is 6. The first-order valence-electron chi connectivity index (χ1n) is 15.6. The van der Waals surface area contributed by atoms with Crippen LogP contribution in [0.4, 0.5) is 0 Å². The van der Waals surface area contributed by atoms with Crippen LogP contribution >= 0.6 is 0 Å². The summed E-state index contributed by atoms with van der Waals surface area (Å²) in [6, 6.07) is 3.28. The van der Waals surface area contributed by atoms with E-state index in [-0.39, 0.29) is 103 Å². The Hall–Kier alpha value is -3.25. The van der Waals surface area contributed by atoms with Crippen LogP contribution in [-0.4, -0.2) is 182 Å². The van der Waals surface area contributed by atoms with Crippen LogP contribution in [0.15, 0.2) is 18.2 Å². The molecule has 1 aliphatic heterocycles. The van der Waals surface area contributed by atoms with Gasteiger partial charge in [-0.3, -0.25) is 34.0 Å². The highest BCUT2D eigenvalue weighted by molar-refractivity contribution is 5.79. The maximum Gasteiger partial charge on any atom is 0.320 e. The van der Waals surface area contributed by atoms with E-state index in [1.807, 2.05) is 11.9 Å². The summed E-state index contributed by atoms with van der Waals surface area (Å²) in [5.74, 6) is -2.89. The number of aromatic nitrogens is 1. The third-order valence-corrected chi connectivity index (χ3v) is 8.03. The molecule has 0 saturated carbocycles. The second-order valence-corrected chi connectivity index (χ2v) is 11.3. The smallest absolute Gasteiger partial charge is 0.320 e. The molecule has 0 fully saturated rings. The molecule has 0 aromatic carbocycles. The quantitative estimate of drug-likeness (QED) is 0.0983. The van der Waals surface area contributed by atoms with E-state index in [1.165, 1.54) is 9.80 Å². The zero-order chi connectivity index (χ0) is 34.1. The maximum absolute atomic E-state index is 12.7. The molecule has 1 aromatic rings. The minimum atomic E-state index is -1.09. The standard InChI is InChI=1S/C30H50N6O10/c1-32-9-11-35(25(29(43)44)5-7-27(41)33(13-17-37)14-18-38)21-23-3-2-4-24(31-23)22-36(12-10-32)26(30(45)46)6-8-28(42)34(15-19-39)16-20-40/h2-4,25-26,37-40H,5-22H2,1H3,(H,43,44)(H,45,46). The highest BCUT2D eigenvalue weighted by Crippen LogP contribution is 2.18. The van der Waals surface area contributed by atoms with Gasteiger partial charge in [-0.1, -0.05) is 6.07 Å². The Bertz CT molecular complexity index is 1020. The van der Waals surface area contributed by atoms with Gasteiger partial charge in [0.05, 0.1) is 37.8 Å². The van der Waals surface area contributed by atoms with Crippen molar-refractivity contribution in [2.45, 2.75) is 50.9 Å². The number of likely N-dealkylation sites (N-methyl/N-ethyl adjacent to an activating group) is 1. The summed E-state index contributed by atoms with van der Waals surface area (Å²) in [6.07, 6.45) is -0.122. The van der Waals surface area contributed by atoms with E-state index < -0.39 is 24.0 Å². The van der Waals surface area contributed by atoms with Crippen LogP contribution in [0.25, 0.3) is 0 Å². The lowest BCUT2D eigenvalue weighted by atomic mass is 10.1. The highest BCUT2D eigenvalue weighted by atomic mass is 16.4. The fraction of sp³-hybridized carbons (Fsp3) is 0.700. The molecule has 2 bridgehead atoms. The van der Waals surface area contributed by atoms with E-state index in [0.29, 0.717) is 37.6 Å². The number of aliphatic hydroxyl groups is 4. The number of carbonyl (C=O) groups is 4. The van der Waals surface area contributed by atoms with Crippen molar-refractivity contribution in [2.24, 2.45) is 0 Å². The average Bonchev–Trinajstić information content (AvgIpc) is 3.01.